The second kappa shape index (κ2) is 14.6. The van der Waals surface area contributed by atoms with Crippen molar-refractivity contribution in [2.75, 3.05) is 37.6 Å². The molecule has 5 aromatic rings. The van der Waals surface area contributed by atoms with Crippen LogP contribution in [0.2, 0.25) is 0 Å². The van der Waals surface area contributed by atoms with Crippen molar-refractivity contribution in [2.24, 2.45) is 11.3 Å². The van der Waals surface area contributed by atoms with Gasteiger partial charge in [-0.1, -0.05) is 0 Å². The van der Waals surface area contributed by atoms with Gasteiger partial charge in [0.1, 0.15) is 11.4 Å². The number of nitrogens with one attached hydrogen (secondary N) is 2. The Morgan fingerprint density at radius 2 is 1.86 bits per heavy atom. The third kappa shape index (κ3) is 7.08. The van der Waals surface area contributed by atoms with Crippen molar-refractivity contribution in [3.63, 3.8) is 0 Å². The topological polar surface area (TPSA) is 152 Å². The van der Waals surface area contributed by atoms with Gasteiger partial charge in [0.05, 0.1) is 29.3 Å². The van der Waals surface area contributed by atoms with E-state index in [4.69, 9.17) is 9.84 Å². The Morgan fingerprint density at radius 3 is 2.61 bits per heavy atom. The van der Waals surface area contributed by atoms with E-state index < -0.39 is 11.7 Å². The molecule has 4 aromatic heterocycles. The third-order valence-electron chi connectivity index (χ3n) is 12.1. The van der Waals surface area contributed by atoms with E-state index >= 15 is 4.39 Å². The van der Waals surface area contributed by atoms with Gasteiger partial charge in [0, 0.05) is 81.4 Å². The van der Waals surface area contributed by atoms with Crippen LogP contribution in [-0.4, -0.2) is 96.9 Å². The van der Waals surface area contributed by atoms with Crippen LogP contribution in [-0.2, 0) is 9.59 Å². The molecule has 9 rings (SSSR count). The van der Waals surface area contributed by atoms with E-state index in [0.29, 0.717) is 40.7 Å². The molecule has 14 nitrogen and oxygen atoms in total. The molecule has 3 saturated heterocycles. The Kier molecular flexibility index (Phi) is 9.42. The number of amides is 3. The minimum atomic E-state index is -0.547. The van der Waals surface area contributed by atoms with Crippen LogP contribution >= 0.6 is 0 Å². The highest BCUT2D eigenvalue weighted by molar-refractivity contribution is 6.01. The monoisotopic (exact) mass is 762 g/mol. The molecule has 7 heterocycles. The van der Waals surface area contributed by atoms with Crippen molar-refractivity contribution in [3.8, 4) is 11.4 Å². The SMILES string of the molecule is CC(C)Oc1cc2nn(-c3cnn4cccnc34)cc2cc1C(=O)NC1CCC(CN2CC3(CCN(c4ncc(C5CCC(=O)NC5=O)cc4F)CC3)C2)CC1. The van der Waals surface area contributed by atoms with Crippen LogP contribution in [0, 0.1) is 17.2 Å². The van der Waals surface area contributed by atoms with Gasteiger partial charge in [-0.15, -0.1) is 0 Å². The van der Waals surface area contributed by atoms with E-state index in [2.05, 4.69) is 30.6 Å². The second-order valence-corrected chi connectivity index (χ2v) is 16.5. The van der Waals surface area contributed by atoms with Crippen LogP contribution in [0.5, 0.6) is 5.75 Å². The second-order valence-electron chi connectivity index (χ2n) is 16.5. The number of aromatic nitrogens is 6. The van der Waals surface area contributed by atoms with E-state index in [1.807, 2.05) is 49.3 Å². The number of halogens is 1. The quantitative estimate of drug-likeness (QED) is 0.201. The summed E-state index contributed by atoms with van der Waals surface area (Å²) in [5.41, 5.74) is 3.44. The maximum absolute atomic E-state index is 15.2. The molecule has 292 valence electrons. The Bertz CT molecular complexity index is 2300. The third-order valence-corrected chi connectivity index (χ3v) is 12.1. The number of anilines is 1. The zero-order chi connectivity index (χ0) is 38.6. The number of hydrogen-bond donors (Lipinski definition) is 2. The number of piperidine rings is 2. The van der Waals surface area contributed by atoms with Crippen LogP contribution in [0.1, 0.15) is 87.1 Å². The Morgan fingerprint density at radius 1 is 1.05 bits per heavy atom. The maximum Gasteiger partial charge on any atom is 0.255 e. The molecular weight excluding hydrogens is 716 g/mol. The summed E-state index contributed by atoms with van der Waals surface area (Å²) in [6.07, 6.45) is 15.3. The van der Waals surface area contributed by atoms with E-state index in [-0.39, 0.29) is 41.7 Å². The average Bonchev–Trinajstić information content (AvgIpc) is 3.79. The van der Waals surface area contributed by atoms with Crippen molar-refractivity contribution in [3.05, 3.63) is 72.2 Å². The molecule has 1 aromatic carbocycles. The molecule has 2 N–H and O–H groups in total. The number of imide groups is 1. The number of carbonyl (C=O) groups excluding carboxylic acids is 3. The molecule has 0 bridgehead atoms. The lowest BCUT2D eigenvalue weighted by Crippen LogP contribution is -2.61. The summed E-state index contributed by atoms with van der Waals surface area (Å²) >= 11 is 0. The molecule has 3 aliphatic heterocycles. The fourth-order valence-electron chi connectivity index (χ4n) is 9.22. The van der Waals surface area contributed by atoms with Crippen LogP contribution in [0.25, 0.3) is 22.2 Å². The lowest BCUT2D eigenvalue weighted by Gasteiger charge is -2.55. The van der Waals surface area contributed by atoms with E-state index in [1.54, 1.807) is 27.8 Å². The highest BCUT2D eigenvalue weighted by Gasteiger charge is 2.45. The smallest absolute Gasteiger partial charge is 0.255 e. The lowest BCUT2D eigenvalue weighted by atomic mass is 9.71. The van der Waals surface area contributed by atoms with Crippen molar-refractivity contribution in [1.29, 1.82) is 0 Å². The van der Waals surface area contributed by atoms with Gasteiger partial charge in [-0.25, -0.2) is 23.6 Å². The number of rotatable bonds is 9. The number of pyridine rings is 1. The van der Waals surface area contributed by atoms with Crippen molar-refractivity contribution < 1.29 is 23.5 Å². The Balaban J connectivity index is 0.761. The van der Waals surface area contributed by atoms with Gasteiger partial charge in [-0.05, 0) is 93.9 Å². The highest BCUT2D eigenvalue weighted by atomic mass is 19.1. The fourth-order valence-corrected chi connectivity index (χ4v) is 9.22. The van der Waals surface area contributed by atoms with Crippen LogP contribution in [0.15, 0.2) is 55.2 Å². The van der Waals surface area contributed by atoms with Crippen molar-refractivity contribution in [2.45, 2.75) is 83.3 Å². The first-order valence-corrected chi connectivity index (χ1v) is 19.9. The number of benzene rings is 1. The molecule has 1 atom stereocenters. The minimum Gasteiger partial charge on any atom is -0.490 e. The van der Waals surface area contributed by atoms with Crippen LogP contribution < -0.4 is 20.3 Å². The van der Waals surface area contributed by atoms with Gasteiger partial charge in [0.25, 0.3) is 5.91 Å². The normalized spacial score (nSPS) is 22.8. The first kappa shape index (κ1) is 36.2. The van der Waals surface area contributed by atoms with E-state index in [0.717, 1.165) is 87.8 Å². The minimum absolute atomic E-state index is 0.105. The number of hydrogen-bond acceptors (Lipinski definition) is 10. The van der Waals surface area contributed by atoms with Gasteiger partial charge < -0.3 is 19.9 Å². The average molecular weight is 763 g/mol. The van der Waals surface area contributed by atoms with Gasteiger partial charge in [0.15, 0.2) is 17.3 Å². The Hall–Kier alpha value is -5.44. The highest BCUT2D eigenvalue weighted by Crippen LogP contribution is 2.43. The van der Waals surface area contributed by atoms with E-state index in [9.17, 15) is 14.4 Å². The molecule has 1 spiro atoms. The Labute approximate surface area is 323 Å². The van der Waals surface area contributed by atoms with E-state index in [1.165, 1.54) is 6.07 Å². The van der Waals surface area contributed by atoms with Gasteiger partial charge in [-0.3, -0.25) is 19.7 Å². The molecule has 0 radical (unpaired) electrons. The number of nitrogens with zero attached hydrogens (tertiary/aromatic N) is 8. The first-order valence-electron chi connectivity index (χ1n) is 19.9. The number of ether oxygens (including phenoxy) is 1. The predicted molar refractivity (Wildman–Crippen MR) is 206 cm³/mol. The molecule has 1 aliphatic carbocycles. The zero-order valence-electron chi connectivity index (χ0n) is 31.8. The molecule has 3 amide bonds. The largest absolute Gasteiger partial charge is 0.490 e. The van der Waals surface area contributed by atoms with Crippen LogP contribution in [0.4, 0.5) is 10.2 Å². The maximum atomic E-state index is 15.2. The summed E-state index contributed by atoms with van der Waals surface area (Å²) in [7, 11) is 0. The molecule has 4 aliphatic rings. The number of carbonyl (C=O) groups is 3. The molecule has 1 unspecified atom stereocenters. The fraction of sp³-hybridized carbons (Fsp3) is 0.488. The standard InChI is InChI=1S/C41H47FN10O4/c1-25(2)56-35-18-33-28(22-52(48-33)34-20-45-51-13-3-12-43-38(34)51)16-31(35)40(55)46-29-6-4-26(5-7-29)21-49-23-41(24-49)10-14-50(15-11-41)37-32(42)17-27(19-44-37)30-8-9-36(53)47-39(30)54/h3,12-13,16-20,22,25-26,29-30H,4-11,14-15,21,23-24H2,1-2H3,(H,46,55)(H,47,53,54). The van der Waals surface area contributed by atoms with Gasteiger partial charge in [0.2, 0.25) is 11.8 Å². The molecule has 1 saturated carbocycles. The number of fused-ring (bicyclic) bond motifs is 2. The van der Waals surface area contributed by atoms with Gasteiger partial charge in [-0.2, -0.15) is 10.2 Å². The zero-order valence-corrected chi connectivity index (χ0v) is 31.8. The lowest BCUT2D eigenvalue weighted by molar-refractivity contribution is -0.134. The summed E-state index contributed by atoms with van der Waals surface area (Å²) in [6, 6.07) is 7.05. The number of likely N-dealkylation sites (tertiary alicyclic amines) is 1. The first-order chi connectivity index (χ1) is 27.1. The summed E-state index contributed by atoms with van der Waals surface area (Å²) in [6.45, 7) is 8.59. The van der Waals surface area contributed by atoms with Gasteiger partial charge >= 0.3 is 0 Å². The molecular formula is C41H47FN10O4. The van der Waals surface area contributed by atoms with Crippen LogP contribution in [0.3, 0.4) is 0 Å². The summed E-state index contributed by atoms with van der Waals surface area (Å²) < 4.78 is 24.8. The van der Waals surface area contributed by atoms with Crippen molar-refractivity contribution in [1.82, 2.24) is 44.9 Å². The summed E-state index contributed by atoms with van der Waals surface area (Å²) in [5.74, 6) is -0.312. The summed E-state index contributed by atoms with van der Waals surface area (Å²) in [4.78, 5) is 51.1. The molecule has 56 heavy (non-hydrogen) atoms. The van der Waals surface area contributed by atoms with Crippen molar-refractivity contribution >= 4 is 40.1 Å². The predicted octanol–water partition coefficient (Wildman–Crippen LogP) is 4.80. The molecule has 15 heteroatoms. The molecule has 4 fully saturated rings. The summed E-state index contributed by atoms with van der Waals surface area (Å²) in [5, 5.41) is 15.6.